The topological polar surface area (TPSA) is 60.2 Å². The van der Waals surface area contributed by atoms with Crippen LogP contribution in [0.2, 0.25) is 0 Å². The number of rotatable bonds is 5. The van der Waals surface area contributed by atoms with Crippen LogP contribution in [0.4, 0.5) is 0 Å². The van der Waals surface area contributed by atoms with Crippen molar-refractivity contribution in [2.24, 2.45) is 0 Å². The van der Waals surface area contributed by atoms with Gasteiger partial charge in [-0.1, -0.05) is 12.1 Å². The number of benzene rings is 1. The van der Waals surface area contributed by atoms with Crippen molar-refractivity contribution in [1.29, 1.82) is 0 Å². The Hall–Kier alpha value is -2.60. The van der Waals surface area contributed by atoms with Crippen LogP contribution >= 0.6 is 12.4 Å². The van der Waals surface area contributed by atoms with Crippen molar-refractivity contribution < 1.29 is 9.53 Å². The number of methoxy groups -OCH3 is 1. The first-order chi connectivity index (χ1) is 13.6. The van der Waals surface area contributed by atoms with Crippen LogP contribution in [0.1, 0.15) is 43.6 Å². The van der Waals surface area contributed by atoms with E-state index in [0.29, 0.717) is 19.0 Å². The number of likely N-dealkylation sites (tertiary alicyclic amines) is 1. The molecule has 1 aliphatic heterocycles. The summed E-state index contributed by atoms with van der Waals surface area (Å²) in [7, 11) is 1.64. The maximum atomic E-state index is 12.8. The van der Waals surface area contributed by atoms with Crippen LogP contribution in [0.5, 0.6) is 5.75 Å². The SMILES string of the molecule is COc1cccc(CC(=O)N2CCC(c3nc4ccncc4n3C(C)C)C2)c1.Cl. The third-order valence-corrected chi connectivity index (χ3v) is 5.43. The molecule has 0 radical (unpaired) electrons. The van der Waals surface area contributed by atoms with Crippen LogP contribution in [0, 0.1) is 0 Å². The zero-order valence-electron chi connectivity index (χ0n) is 17.0. The van der Waals surface area contributed by atoms with Gasteiger partial charge >= 0.3 is 0 Å². The molecule has 0 aliphatic carbocycles. The fourth-order valence-electron chi connectivity index (χ4n) is 4.06. The van der Waals surface area contributed by atoms with E-state index in [2.05, 4.69) is 23.4 Å². The smallest absolute Gasteiger partial charge is 0.227 e. The second-order valence-corrected chi connectivity index (χ2v) is 7.65. The number of halogens is 1. The lowest BCUT2D eigenvalue weighted by Crippen LogP contribution is -2.30. The Bertz CT molecular complexity index is 1000. The average Bonchev–Trinajstić information content (AvgIpc) is 3.32. The molecule has 2 aromatic heterocycles. The molecule has 7 heteroatoms. The van der Waals surface area contributed by atoms with Crippen LogP contribution in [-0.4, -0.2) is 45.5 Å². The van der Waals surface area contributed by atoms with Crippen molar-refractivity contribution in [3.05, 3.63) is 54.1 Å². The van der Waals surface area contributed by atoms with Crippen molar-refractivity contribution in [3.63, 3.8) is 0 Å². The number of nitrogens with zero attached hydrogens (tertiary/aromatic N) is 4. The number of carbonyl (C=O) groups excluding carboxylic acids is 1. The first kappa shape index (κ1) is 21.1. The van der Waals surface area contributed by atoms with E-state index in [-0.39, 0.29) is 24.2 Å². The van der Waals surface area contributed by atoms with Crippen LogP contribution in [0.25, 0.3) is 11.0 Å². The number of ether oxygens (including phenoxy) is 1. The van der Waals surface area contributed by atoms with E-state index in [1.807, 2.05) is 41.4 Å². The minimum atomic E-state index is 0. The van der Waals surface area contributed by atoms with Gasteiger partial charge < -0.3 is 14.2 Å². The van der Waals surface area contributed by atoms with Gasteiger partial charge in [0.05, 0.1) is 30.8 Å². The molecule has 1 atom stereocenters. The molecule has 1 amide bonds. The zero-order chi connectivity index (χ0) is 19.7. The predicted molar refractivity (Wildman–Crippen MR) is 116 cm³/mol. The first-order valence-corrected chi connectivity index (χ1v) is 9.79. The van der Waals surface area contributed by atoms with E-state index in [1.165, 1.54) is 0 Å². The van der Waals surface area contributed by atoms with E-state index < -0.39 is 0 Å². The molecule has 1 saturated heterocycles. The highest BCUT2D eigenvalue weighted by Crippen LogP contribution is 2.31. The Morgan fingerprint density at radius 3 is 2.90 bits per heavy atom. The van der Waals surface area contributed by atoms with Crippen LogP contribution < -0.4 is 4.74 Å². The molecular formula is C22H27ClN4O2. The summed E-state index contributed by atoms with van der Waals surface area (Å²) in [5.74, 6) is 2.26. The zero-order valence-corrected chi connectivity index (χ0v) is 17.9. The summed E-state index contributed by atoms with van der Waals surface area (Å²) in [5, 5.41) is 0. The maximum Gasteiger partial charge on any atom is 0.227 e. The fourth-order valence-corrected chi connectivity index (χ4v) is 4.06. The molecule has 4 rings (SSSR count). The van der Waals surface area contributed by atoms with E-state index in [1.54, 1.807) is 13.3 Å². The number of fused-ring (bicyclic) bond motifs is 1. The van der Waals surface area contributed by atoms with Gasteiger partial charge in [0.1, 0.15) is 11.6 Å². The normalized spacial score (nSPS) is 16.3. The van der Waals surface area contributed by atoms with Gasteiger partial charge in [-0.2, -0.15) is 0 Å². The van der Waals surface area contributed by atoms with E-state index in [4.69, 9.17) is 9.72 Å². The highest BCUT2D eigenvalue weighted by molar-refractivity contribution is 5.85. The van der Waals surface area contributed by atoms with E-state index in [0.717, 1.165) is 41.1 Å². The quantitative estimate of drug-likeness (QED) is 0.633. The summed E-state index contributed by atoms with van der Waals surface area (Å²) in [4.78, 5) is 23.9. The molecule has 1 unspecified atom stereocenters. The van der Waals surface area contributed by atoms with E-state index in [9.17, 15) is 4.79 Å². The predicted octanol–water partition coefficient (Wildman–Crippen LogP) is 4.00. The standard InChI is InChI=1S/C22H26N4O2.ClH/c1-15(2)26-20-13-23-9-7-19(20)24-22(26)17-8-10-25(14-17)21(27)12-16-5-4-6-18(11-16)28-3;/h4-7,9,11,13,15,17H,8,10,12,14H2,1-3H3;1H. The monoisotopic (exact) mass is 414 g/mol. The highest BCUT2D eigenvalue weighted by Gasteiger charge is 2.31. The average molecular weight is 415 g/mol. The Labute approximate surface area is 177 Å². The minimum absolute atomic E-state index is 0. The molecule has 0 spiro atoms. The van der Waals surface area contributed by atoms with Crippen molar-refractivity contribution in [1.82, 2.24) is 19.4 Å². The largest absolute Gasteiger partial charge is 0.497 e. The Kier molecular flexibility index (Phi) is 6.42. The summed E-state index contributed by atoms with van der Waals surface area (Å²) in [6, 6.07) is 9.97. The summed E-state index contributed by atoms with van der Waals surface area (Å²) in [5.41, 5.74) is 3.02. The van der Waals surface area contributed by atoms with Gasteiger partial charge in [-0.3, -0.25) is 9.78 Å². The lowest BCUT2D eigenvalue weighted by Gasteiger charge is -2.19. The lowest BCUT2D eigenvalue weighted by molar-refractivity contribution is -0.129. The second-order valence-electron chi connectivity index (χ2n) is 7.65. The third-order valence-electron chi connectivity index (χ3n) is 5.43. The van der Waals surface area contributed by atoms with Crippen molar-refractivity contribution >= 4 is 29.3 Å². The molecule has 29 heavy (non-hydrogen) atoms. The molecule has 1 fully saturated rings. The first-order valence-electron chi connectivity index (χ1n) is 9.79. The van der Waals surface area contributed by atoms with Crippen molar-refractivity contribution in [2.45, 2.75) is 38.6 Å². The fraction of sp³-hybridized carbons (Fsp3) is 0.409. The van der Waals surface area contributed by atoms with Gasteiger partial charge in [0.2, 0.25) is 5.91 Å². The minimum Gasteiger partial charge on any atom is -0.497 e. The van der Waals surface area contributed by atoms with Gasteiger partial charge in [-0.05, 0) is 44.0 Å². The highest BCUT2D eigenvalue weighted by atomic mass is 35.5. The third kappa shape index (κ3) is 4.22. The van der Waals surface area contributed by atoms with Crippen LogP contribution in [0.3, 0.4) is 0 Å². The summed E-state index contributed by atoms with van der Waals surface area (Å²) in [6.07, 6.45) is 5.00. The van der Waals surface area contributed by atoms with Crippen LogP contribution in [-0.2, 0) is 11.2 Å². The number of hydrogen-bond acceptors (Lipinski definition) is 4. The van der Waals surface area contributed by atoms with Gasteiger partial charge in [-0.25, -0.2) is 4.98 Å². The second kappa shape index (κ2) is 8.82. The van der Waals surface area contributed by atoms with E-state index >= 15 is 0 Å². The van der Waals surface area contributed by atoms with Gasteiger partial charge in [0.15, 0.2) is 0 Å². The molecule has 154 valence electrons. The number of aromatic nitrogens is 3. The summed E-state index contributed by atoms with van der Waals surface area (Å²) >= 11 is 0. The molecule has 0 saturated carbocycles. The summed E-state index contributed by atoms with van der Waals surface area (Å²) in [6.45, 7) is 5.82. The van der Waals surface area contributed by atoms with Crippen molar-refractivity contribution in [3.8, 4) is 5.75 Å². The number of hydrogen-bond donors (Lipinski definition) is 0. The number of amides is 1. The molecular weight excluding hydrogens is 388 g/mol. The van der Waals surface area contributed by atoms with Gasteiger partial charge in [0.25, 0.3) is 0 Å². The molecule has 1 aliphatic rings. The van der Waals surface area contributed by atoms with Crippen LogP contribution in [0.15, 0.2) is 42.7 Å². The molecule has 6 nitrogen and oxygen atoms in total. The Balaban J connectivity index is 0.00000240. The van der Waals surface area contributed by atoms with Gasteiger partial charge in [0, 0.05) is 31.2 Å². The Morgan fingerprint density at radius 2 is 2.14 bits per heavy atom. The maximum absolute atomic E-state index is 12.8. The molecule has 0 bridgehead atoms. The van der Waals surface area contributed by atoms with Crippen molar-refractivity contribution in [2.75, 3.05) is 20.2 Å². The number of pyridine rings is 1. The Morgan fingerprint density at radius 1 is 1.31 bits per heavy atom. The molecule has 3 aromatic rings. The molecule has 0 N–H and O–H groups in total. The molecule has 3 heterocycles. The van der Waals surface area contributed by atoms with Gasteiger partial charge in [-0.15, -0.1) is 12.4 Å². The number of carbonyl (C=O) groups is 1. The lowest BCUT2D eigenvalue weighted by atomic mass is 10.1. The summed E-state index contributed by atoms with van der Waals surface area (Å²) < 4.78 is 7.53. The molecule has 1 aromatic carbocycles. The number of imidazole rings is 1.